The van der Waals surface area contributed by atoms with Gasteiger partial charge in [-0.1, -0.05) is 15.9 Å². The number of carbonyl (C=O) groups excluding carboxylic acids is 1. The maximum Gasteiger partial charge on any atom is 0.573 e. The number of anilines is 2. The number of benzene rings is 1. The summed E-state index contributed by atoms with van der Waals surface area (Å²) in [5.74, 6) is 0.0642. The van der Waals surface area contributed by atoms with Gasteiger partial charge in [0, 0.05) is 36.5 Å². The van der Waals surface area contributed by atoms with Crippen LogP contribution in [-0.2, 0) is 9.57 Å². The second-order valence-corrected chi connectivity index (χ2v) is 8.22. The van der Waals surface area contributed by atoms with Crippen LogP contribution >= 0.6 is 15.9 Å². The van der Waals surface area contributed by atoms with E-state index in [9.17, 15) is 18.0 Å². The maximum absolute atomic E-state index is 12.7. The van der Waals surface area contributed by atoms with E-state index >= 15 is 0 Å². The molecule has 1 aromatic heterocycles. The van der Waals surface area contributed by atoms with Crippen molar-refractivity contribution >= 4 is 33.6 Å². The molecule has 0 saturated carbocycles. The van der Waals surface area contributed by atoms with Gasteiger partial charge in [0.05, 0.1) is 11.8 Å². The first-order chi connectivity index (χ1) is 15.6. The van der Waals surface area contributed by atoms with E-state index < -0.39 is 18.3 Å². The summed E-state index contributed by atoms with van der Waals surface area (Å²) < 4.78 is 53.5. The summed E-state index contributed by atoms with van der Waals surface area (Å²) in [7, 11) is 0. The van der Waals surface area contributed by atoms with Crippen LogP contribution in [0.1, 0.15) is 26.7 Å². The van der Waals surface area contributed by atoms with Crippen LogP contribution < -0.4 is 14.8 Å². The summed E-state index contributed by atoms with van der Waals surface area (Å²) in [6.07, 6.45) is -3.69. The summed E-state index contributed by atoms with van der Waals surface area (Å²) in [5, 5.41) is 4.29. The van der Waals surface area contributed by atoms with Gasteiger partial charge in [0.1, 0.15) is 18.2 Å². The van der Waals surface area contributed by atoms with Crippen LogP contribution in [0.5, 0.6) is 11.6 Å². The minimum atomic E-state index is -4.85. The van der Waals surface area contributed by atoms with Gasteiger partial charge in [-0.25, -0.2) is 14.8 Å². The van der Waals surface area contributed by atoms with Gasteiger partial charge in [-0.05, 0) is 32.0 Å². The smallest absolute Gasteiger partial charge is 0.474 e. The molecule has 1 aromatic carbocycles. The zero-order chi connectivity index (χ0) is 24.0. The van der Waals surface area contributed by atoms with Crippen molar-refractivity contribution in [2.45, 2.75) is 45.3 Å². The normalized spacial score (nSPS) is 15.2. The number of ether oxygens (including phenoxy) is 3. The van der Waals surface area contributed by atoms with Gasteiger partial charge in [-0.15, -0.1) is 18.2 Å². The Kier molecular flexibility index (Phi) is 8.19. The Morgan fingerprint density at radius 3 is 2.61 bits per heavy atom. The lowest BCUT2D eigenvalue weighted by Crippen LogP contribution is -2.40. The number of nitrogens with zero attached hydrogens (tertiary/aromatic N) is 3. The summed E-state index contributed by atoms with van der Waals surface area (Å²) in [6.45, 7) is 4.36. The van der Waals surface area contributed by atoms with Crippen LogP contribution in [0.3, 0.4) is 0 Å². The lowest BCUT2D eigenvalue weighted by Gasteiger charge is -2.30. The second kappa shape index (κ2) is 10.9. The van der Waals surface area contributed by atoms with Crippen molar-refractivity contribution in [1.82, 2.24) is 15.0 Å². The number of hydrogen-bond acceptors (Lipinski definition) is 9. The molecule has 1 aliphatic heterocycles. The van der Waals surface area contributed by atoms with Gasteiger partial charge < -0.3 is 24.4 Å². The Hall–Kier alpha value is -2.80. The van der Waals surface area contributed by atoms with E-state index in [4.69, 9.17) is 14.3 Å². The topological polar surface area (TPSA) is 95.0 Å². The van der Waals surface area contributed by atoms with Crippen LogP contribution in [0.25, 0.3) is 0 Å². The third-order valence-corrected chi connectivity index (χ3v) is 4.79. The minimum absolute atomic E-state index is 0.0684. The highest BCUT2D eigenvalue weighted by molar-refractivity contribution is 9.10. The van der Waals surface area contributed by atoms with Gasteiger partial charge in [0.25, 0.3) is 0 Å². The third-order valence-electron chi connectivity index (χ3n) is 4.30. The average molecular weight is 535 g/mol. The predicted octanol–water partition coefficient (Wildman–Crippen LogP) is 5.20. The van der Waals surface area contributed by atoms with Gasteiger partial charge in [-0.2, -0.15) is 0 Å². The SMILES string of the molecule is CC(C)OC(=O)ON1CCC(Oc2cc(Nc3ccc(Br)cc3OC(F)(F)F)ncn2)CC1. The molecular weight excluding hydrogens is 513 g/mol. The molecule has 0 atom stereocenters. The quantitative estimate of drug-likeness (QED) is 0.480. The van der Waals surface area contributed by atoms with Crippen LogP contribution in [-0.4, -0.2) is 52.8 Å². The molecule has 2 heterocycles. The number of hydroxylamine groups is 2. The molecule has 0 spiro atoms. The number of rotatable bonds is 7. The minimum Gasteiger partial charge on any atom is -0.474 e. The van der Waals surface area contributed by atoms with Crippen molar-refractivity contribution in [2.24, 2.45) is 0 Å². The third kappa shape index (κ3) is 8.24. The molecule has 1 fully saturated rings. The lowest BCUT2D eigenvalue weighted by atomic mass is 10.1. The van der Waals surface area contributed by atoms with E-state index in [1.54, 1.807) is 19.9 Å². The number of aromatic nitrogens is 2. The molecule has 180 valence electrons. The van der Waals surface area contributed by atoms with Gasteiger partial charge >= 0.3 is 12.5 Å². The standard InChI is InChI=1S/C20H22BrF3N4O5/c1-12(2)30-19(29)33-28-7-5-14(6-8-28)31-18-10-17(25-11-26-18)27-15-4-3-13(21)9-16(15)32-20(22,23)24/h3-4,9-12,14H,5-8H2,1-2H3,(H,25,26,27). The van der Waals surface area contributed by atoms with Crippen molar-refractivity contribution in [1.29, 1.82) is 0 Å². The van der Waals surface area contributed by atoms with E-state index in [1.807, 2.05) is 0 Å². The Bertz CT molecular complexity index is 956. The molecule has 0 unspecified atom stereocenters. The van der Waals surface area contributed by atoms with E-state index in [1.165, 1.54) is 29.6 Å². The fourth-order valence-electron chi connectivity index (χ4n) is 2.95. The molecule has 1 N–H and O–H groups in total. The zero-order valence-corrected chi connectivity index (χ0v) is 19.4. The first kappa shape index (κ1) is 24.8. The number of nitrogens with one attached hydrogen (secondary N) is 1. The van der Waals surface area contributed by atoms with Crippen molar-refractivity contribution in [3.05, 3.63) is 35.1 Å². The predicted molar refractivity (Wildman–Crippen MR) is 114 cm³/mol. The van der Waals surface area contributed by atoms with Crippen molar-refractivity contribution in [3.63, 3.8) is 0 Å². The molecule has 0 bridgehead atoms. The molecule has 1 saturated heterocycles. The molecule has 9 nitrogen and oxygen atoms in total. The molecule has 33 heavy (non-hydrogen) atoms. The van der Waals surface area contributed by atoms with Crippen LogP contribution in [0, 0.1) is 0 Å². The molecular formula is C20H22BrF3N4O5. The van der Waals surface area contributed by atoms with E-state index in [-0.39, 0.29) is 29.6 Å². The van der Waals surface area contributed by atoms with E-state index in [2.05, 4.69) is 36.0 Å². The van der Waals surface area contributed by atoms with E-state index in [0.717, 1.165) is 0 Å². The van der Waals surface area contributed by atoms with Crippen LogP contribution in [0.2, 0.25) is 0 Å². The van der Waals surface area contributed by atoms with Crippen molar-refractivity contribution in [3.8, 4) is 11.6 Å². The largest absolute Gasteiger partial charge is 0.573 e. The van der Waals surface area contributed by atoms with Gasteiger partial charge in [-0.3, -0.25) is 0 Å². The Morgan fingerprint density at radius 2 is 1.94 bits per heavy atom. The molecule has 13 heteroatoms. The van der Waals surface area contributed by atoms with Gasteiger partial charge in [0.2, 0.25) is 5.88 Å². The molecule has 0 aliphatic carbocycles. The molecule has 3 rings (SSSR count). The first-order valence-electron chi connectivity index (χ1n) is 10.0. The summed E-state index contributed by atoms with van der Waals surface area (Å²) in [6, 6.07) is 5.66. The summed E-state index contributed by atoms with van der Waals surface area (Å²) >= 11 is 3.12. The monoisotopic (exact) mass is 534 g/mol. The Labute approximate surface area is 196 Å². The van der Waals surface area contributed by atoms with Crippen LogP contribution in [0.15, 0.2) is 35.1 Å². The highest BCUT2D eigenvalue weighted by atomic mass is 79.9. The molecule has 2 aromatic rings. The average Bonchev–Trinajstić information content (AvgIpc) is 2.70. The number of halogens is 4. The van der Waals surface area contributed by atoms with Crippen molar-refractivity contribution < 1.29 is 37.0 Å². The van der Waals surface area contributed by atoms with Crippen LogP contribution in [0.4, 0.5) is 29.5 Å². The summed E-state index contributed by atoms with van der Waals surface area (Å²) in [5.41, 5.74) is 0.0684. The highest BCUT2D eigenvalue weighted by Gasteiger charge is 2.32. The van der Waals surface area contributed by atoms with E-state index in [0.29, 0.717) is 30.4 Å². The van der Waals surface area contributed by atoms with Gasteiger partial charge in [0.15, 0.2) is 5.75 Å². The fourth-order valence-corrected chi connectivity index (χ4v) is 3.29. The molecule has 0 amide bonds. The Balaban J connectivity index is 1.58. The highest BCUT2D eigenvalue weighted by Crippen LogP contribution is 2.34. The Morgan fingerprint density at radius 1 is 1.21 bits per heavy atom. The summed E-state index contributed by atoms with van der Waals surface area (Å²) in [4.78, 5) is 24.8. The van der Waals surface area contributed by atoms with Crippen molar-refractivity contribution in [2.75, 3.05) is 18.4 Å². The fraction of sp³-hybridized carbons (Fsp3) is 0.450. The molecule has 1 aliphatic rings. The number of alkyl halides is 3. The number of carbonyl (C=O) groups is 1. The first-order valence-corrected chi connectivity index (χ1v) is 10.8. The zero-order valence-electron chi connectivity index (χ0n) is 17.8. The lowest BCUT2D eigenvalue weighted by molar-refractivity contribution is -0.274. The maximum atomic E-state index is 12.7. The molecule has 0 radical (unpaired) electrons. The number of hydrogen-bond donors (Lipinski definition) is 1. The number of piperidine rings is 1. The second-order valence-electron chi connectivity index (χ2n) is 7.31.